The van der Waals surface area contributed by atoms with Gasteiger partial charge in [-0.05, 0) is 42.7 Å². The molecule has 0 saturated carbocycles. The van der Waals surface area contributed by atoms with E-state index in [1.807, 2.05) is 12.1 Å². The van der Waals surface area contributed by atoms with E-state index in [1.165, 1.54) is 16.9 Å². The van der Waals surface area contributed by atoms with E-state index in [9.17, 15) is 0 Å². The lowest BCUT2D eigenvalue weighted by Gasteiger charge is -2.09. The summed E-state index contributed by atoms with van der Waals surface area (Å²) in [6.45, 7) is 3.16. The van der Waals surface area contributed by atoms with Gasteiger partial charge in [0, 0.05) is 18.7 Å². The molecule has 0 atom stereocenters. The van der Waals surface area contributed by atoms with Crippen molar-refractivity contribution in [1.29, 1.82) is 0 Å². The molecule has 0 bridgehead atoms. The summed E-state index contributed by atoms with van der Waals surface area (Å²) in [6.07, 6.45) is 3.14. The Kier molecular flexibility index (Phi) is 3.91. The largest absolute Gasteiger partial charge is 0.399 e. The first-order chi connectivity index (χ1) is 10.3. The van der Waals surface area contributed by atoms with Gasteiger partial charge in [0.1, 0.15) is 5.82 Å². The van der Waals surface area contributed by atoms with Gasteiger partial charge in [-0.3, -0.25) is 0 Å². The van der Waals surface area contributed by atoms with E-state index >= 15 is 0 Å². The van der Waals surface area contributed by atoms with Crippen molar-refractivity contribution >= 4 is 16.7 Å². The molecule has 2 aromatic carbocycles. The Morgan fingerprint density at radius 3 is 2.52 bits per heavy atom. The third-order valence-electron chi connectivity index (χ3n) is 3.81. The lowest BCUT2D eigenvalue weighted by molar-refractivity contribution is 0.659. The first-order valence-corrected chi connectivity index (χ1v) is 7.56. The number of imidazole rings is 1. The number of benzene rings is 2. The maximum Gasteiger partial charge on any atom is 0.109 e. The van der Waals surface area contributed by atoms with Crippen molar-refractivity contribution in [3.8, 4) is 0 Å². The molecule has 3 nitrogen and oxygen atoms in total. The van der Waals surface area contributed by atoms with Crippen molar-refractivity contribution in [2.24, 2.45) is 0 Å². The van der Waals surface area contributed by atoms with Crippen molar-refractivity contribution in [3.63, 3.8) is 0 Å². The Morgan fingerprint density at radius 1 is 1.00 bits per heavy atom. The normalized spacial score (nSPS) is 11.1. The van der Waals surface area contributed by atoms with E-state index in [0.29, 0.717) is 0 Å². The number of nitrogen functional groups attached to an aromatic ring is 1. The molecule has 0 radical (unpaired) electrons. The number of nitrogens with two attached hydrogens (primary N) is 1. The van der Waals surface area contributed by atoms with E-state index in [2.05, 4.69) is 47.9 Å². The number of aromatic nitrogens is 2. The summed E-state index contributed by atoms with van der Waals surface area (Å²) in [5.74, 6) is 1.19. The van der Waals surface area contributed by atoms with Gasteiger partial charge in [-0.2, -0.15) is 0 Å². The van der Waals surface area contributed by atoms with Crippen LogP contribution in [-0.4, -0.2) is 9.55 Å². The van der Waals surface area contributed by atoms with Gasteiger partial charge in [0.15, 0.2) is 0 Å². The highest BCUT2D eigenvalue weighted by molar-refractivity contribution is 5.75. The highest BCUT2D eigenvalue weighted by Gasteiger charge is 2.09. The van der Waals surface area contributed by atoms with Gasteiger partial charge < -0.3 is 10.3 Å². The average molecular weight is 279 g/mol. The molecule has 1 heterocycles. The molecule has 0 spiro atoms. The van der Waals surface area contributed by atoms with Gasteiger partial charge in [-0.1, -0.05) is 31.2 Å². The van der Waals surface area contributed by atoms with Crippen LogP contribution in [0.1, 0.15) is 24.7 Å². The van der Waals surface area contributed by atoms with Crippen LogP contribution in [0.25, 0.3) is 11.0 Å². The lowest BCUT2D eigenvalue weighted by Crippen LogP contribution is -2.06. The first-order valence-electron chi connectivity index (χ1n) is 7.56. The SMILES string of the molecule is CCCc1nc2ccccc2n1CCc1ccc(N)cc1. The number of nitrogens with zero attached hydrogens (tertiary/aromatic N) is 2. The maximum atomic E-state index is 5.74. The number of fused-ring (bicyclic) bond motifs is 1. The summed E-state index contributed by atoms with van der Waals surface area (Å²) in [4.78, 5) is 4.77. The molecule has 2 N–H and O–H groups in total. The molecule has 0 aliphatic heterocycles. The van der Waals surface area contributed by atoms with Crippen LogP contribution in [0.4, 0.5) is 5.69 Å². The van der Waals surface area contributed by atoms with E-state index in [-0.39, 0.29) is 0 Å². The quantitative estimate of drug-likeness (QED) is 0.722. The zero-order chi connectivity index (χ0) is 14.7. The molecule has 0 amide bonds. The van der Waals surface area contributed by atoms with Gasteiger partial charge in [-0.25, -0.2) is 4.98 Å². The molecule has 0 unspecified atom stereocenters. The molecule has 3 heteroatoms. The van der Waals surface area contributed by atoms with Crippen LogP contribution in [0.15, 0.2) is 48.5 Å². The fraction of sp³-hybridized carbons (Fsp3) is 0.278. The van der Waals surface area contributed by atoms with E-state index in [4.69, 9.17) is 10.7 Å². The van der Waals surface area contributed by atoms with Crippen molar-refractivity contribution < 1.29 is 0 Å². The smallest absolute Gasteiger partial charge is 0.109 e. The van der Waals surface area contributed by atoms with E-state index in [1.54, 1.807) is 0 Å². The average Bonchev–Trinajstić information content (AvgIpc) is 2.85. The molecule has 0 aliphatic carbocycles. The minimum absolute atomic E-state index is 0.818. The number of aryl methyl sites for hydroxylation is 3. The summed E-state index contributed by atoms with van der Waals surface area (Å²) in [5, 5.41) is 0. The summed E-state index contributed by atoms with van der Waals surface area (Å²) in [6, 6.07) is 16.5. The predicted octanol–water partition coefficient (Wildman–Crippen LogP) is 3.81. The zero-order valence-corrected chi connectivity index (χ0v) is 12.4. The van der Waals surface area contributed by atoms with Crippen molar-refractivity contribution in [2.75, 3.05) is 5.73 Å². The second-order valence-corrected chi connectivity index (χ2v) is 5.41. The van der Waals surface area contributed by atoms with Gasteiger partial charge >= 0.3 is 0 Å². The summed E-state index contributed by atoms with van der Waals surface area (Å²) in [7, 11) is 0. The monoisotopic (exact) mass is 279 g/mol. The number of anilines is 1. The second kappa shape index (κ2) is 6.00. The Balaban J connectivity index is 1.87. The number of para-hydroxylation sites is 2. The van der Waals surface area contributed by atoms with Gasteiger partial charge in [0.05, 0.1) is 11.0 Å². The zero-order valence-electron chi connectivity index (χ0n) is 12.4. The van der Waals surface area contributed by atoms with Crippen molar-refractivity contribution in [2.45, 2.75) is 32.7 Å². The molecule has 108 valence electrons. The lowest BCUT2D eigenvalue weighted by atomic mass is 10.1. The molecule has 1 aromatic heterocycles. The van der Waals surface area contributed by atoms with Crippen LogP contribution in [0.5, 0.6) is 0 Å². The second-order valence-electron chi connectivity index (χ2n) is 5.41. The Hall–Kier alpha value is -2.29. The van der Waals surface area contributed by atoms with E-state index < -0.39 is 0 Å². The molecule has 0 fully saturated rings. The first kappa shape index (κ1) is 13.7. The third-order valence-corrected chi connectivity index (χ3v) is 3.81. The van der Waals surface area contributed by atoms with Crippen molar-refractivity contribution in [1.82, 2.24) is 9.55 Å². The highest BCUT2D eigenvalue weighted by atomic mass is 15.1. The Morgan fingerprint density at radius 2 is 1.76 bits per heavy atom. The van der Waals surface area contributed by atoms with Crippen LogP contribution in [-0.2, 0) is 19.4 Å². The van der Waals surface area contributed by atoms with E-state index in [0.717, 1.165) is 37.0 Å². The Labute approximate surface area is 125 Å². The third kappa shape index (κ3) is 2.92. The highest BCUT2D eigenvalue weighted by Crippen LogP contribution is 2.18. The van der Waals surface area contributed by atoms with Gasteiger partial charge in [0.25, 0.3) is 0 Å². The molecule has 0 saturated heterocycles. The van der Waals surface area contributed by atoms with Crippen molar-refractivity contribution in [3.05, 3.63) is 59.9 Å². The van der Waals surface area contributed by atoms with Crippen LogP contribution in [0.2, 0.25) is 0 Å². The molecule has 0 aliphatic rings. The van der Waals surface area contributed by atoms with Gasteiger partial charge in [0.2, 0.25) is 0 Å². The fourth-order valence-corrected chi connectivity index (χ4v) is 2.71. The molecular formula is C18H21N3. The summed E-state index contributed by atoms with van der Waals surface area (Å²) >= 11 is 0. The van der Waals surface area contributed by atoms with Crippen LogP contribution in [0.3, 0.4) is 0 Å². The van der Waals surface area contributed by atoms with Crippen LogP contribution in [0, 0.1) is 0 Å². The minimum atomic E-state index is 0.818. The van der Waals surface area contributed by atoms with Gasteiger partial charge in [-0.15, -0.1) is 0 Å². The number of hydrogen-bond acceptors (Lipinski definition) is 2. The summed E-state index contributed by atoms with van der Waals surface area (Å²) < 4.78 is 2.36. The van der Waals surface area contributed by atoms with Crippen LogP contribution < -0.4 is 5.73 Å². The van der Waals surface area contributed by atoms with Crippen LogP contribution >= 0.6 is 0 Å². The Bertz CT molecular complexity index is 726. The molecule has 21 heavy (non-hydrogen) atoms. The minimum Gasteiger partial charge on any atom is -0.399 e. The molecule has 3 rings (SSSR count). The fourth-order valence-electron chi connectivity index (χ4n) is 2.71. The molecule has 3 aromatic rings. The standard InChI is InChI=1S/C18H21N3/c1-2-5-18-20-16-6-3-4-7-17(16)21(18)13-12-14-8-10-15(19)11-9-14/h3-4,6-11H,2,5,12-13,19H2,1H3. The number of rotatable bonds is 5. The topological polar surface area (TPSA) is 43.8 Å². The number of hydrogen-bond donors (Lipinski definition) is 1. The predicted molar refractivity (Wildman–Crippen MR) is 88.3 cm³/mol. The summed E-state index contributed by atoms with van der Waals surface area (Å²) in [5.41, 5.74) is 10.2. The molecular weight excluding hydrogens is 258 g/mol. The maximum absolute atomic E-state index is 5.74.